The largest absolute Gasteiger partial charge is 0.457 e. The summed E-state index contributed by atoms with van der Waals surface area (Å²) in [6.07, 6.45) is 0. The number of carbonyl (C=O) groups is 1. The van der Waals surface area contributed by atoms with Crippen molar-refractivity contribution in [1.82, 2.24) is 5.32 Å². The molecule has 0 atom stereocenters. The number of halogens is 1. The molecule has 0 radical (unpaired) electrons. The number of rotatable bonds is 4. The lowest BCUT2D eigenvalue weighted by Crippen LogP contribution is -2.34. The van der Waals surface area contributed by atoms with Crippen LogP contribution < -0.4 is 15.4 Å². The molecule has 1 amide bonds. The quantitative estimate of drug-likeness (QED) is 0.512. The Labute approximate surface area is 171 Å². The van der Waals surface area contributed by atoms with E-state index in [4.69, 9.17) is 17.0 Å². The molecule has 3 rings (SSSR count). The van der Waals surface area contributed by atoms with Crippen LogP contribution in [-0.2, 0) is 0 Å². The van der Waals surface area contributed by atoms with Crippen LogP contribution in [0.5, 0.6) is 11.5 Å². The molecule has 0 heterocycles. The third kappa shape index (κ3) is 5.39. The predicted molar refractivity (Wildman–Crippen MR) is 116 cm³/mol. The summed E-state index contributed by atoms with van der Waals surface area (Å²) in [6.45, 7) is 1.96. The molecule has 0 saturated heterocycles. The summed E-state index contributed by atoms with van der Waals surface area (Å²) in [7, 11) is 0. The second kappa shape index (κ2) is 8.79. The monoisotopic (exact) mass is 440 g/mol. The Bertz CT molecular complexity index is 960. The highest BCUT2D eigenvalue weighted by atomic mass is 79.9. The van der Waals surface area contributed by atoms with Crippen molar-refractivity contribution in [2.75, 3.05) is 5.32 Å². The van der Waals surface area contributed by atoms with E-state index in [0.29, 0.717) is 11.3 Å². The fourth-order valence-corrected chi connectivity index (χ4v) is 2.89. The molecule has 0 unspecified atom stereocenters. The van der Waals surface area contributed by atoms with Crippen molar-refractivity contribution in [2.24, 2.45) is 0 Å². The number of hydrogen-bond acceptors (Lipinski definition) is 3. The Morgan fingerprint density at radius 2 is 1.63 bits per heavy atom. The van der Waals surface area contributed by atoms with Gasteiger partial charge in [-0.15, -0.1) is 0 Å². The molecule has 3 aromatic rings. The van der Waals surface area contributed by atoms with Gasteiger partial charge in [0.05, 0.1) is 0 Å². The number of benzene rings is 3. The van der Waals surface area contributed by atoms with E-state index in [0.717, 1.165) is 21.5 Å². The van der Waals surface area contributed by atoms with Crippen LogP contribution in [0.25, 0.3) is 0 Å². The van der Waals surface area contributed by atoms with E-state index in [1.807, 2.05) is 67.6 Å². The SMILES string of the molecule is Cc1ccc(C(=O)NC(=S)Nc2ccc(Oc3ccccc3)cc2)cc1Br. The molecule has 3 aromatic carbocycles. The first-order valence-electron chi connectivity index (χ1n) is 8.23. The summed E-state index contributed by atoms with van der Waals surface area (Å²) in [6, 6.07) is 22.3. The Balaban J connectivity index is 1.57. The lowest BCUT2D eigenvalue weighted by atomic mass is 10.1. The number of thiocarbonyl (C=S) groups is 1. The lowest BCUT2D eigenvalue weighted by Gasteiger charge is -2.11. The van der Waals surface area contributed by atoms with Crippen molar-refractivity contribution in [3.63, 3.8) is 0 Å². The Kier molecular flexibility index (Phi) is 6.21. The average molecular weight is 441 g/mol. The summed E-state index contributed by atoms with van der Waals surface area (Å²) < 4.78 is 6.62. The molecule has 6 heteroatoms. The van der Waals surface area contributed by atoms with Crippen molar-refractivity contribution in [2.45, 2.75) is 6.92 Å². The van der Waals surface area contributed by atoms with E-state index in [1.54, 1.807) is 12.1 Å². The average Bonchev–Trinajstić information content (AvgIpc) is 2.66. The number of hydrogen-bond donors (Lipinski definition) is 2. The van der Waals surface area contributed by atoms with Crippen LogP contribution in [0.2, 0.25) is 0 Å². The summed E-state index contributed by atoms with van der Waals surface area (Å²) in [5.41, 5.74) is 2.35. The van der Waals surface area contributed by atoms with Gasteiger partial charge in [-0.1, -0.05) is 40.2 Å². The van der Waals surface area contributed by atoms with E-state index in [9.17, 15) is 4.79 Å². The number of ether oxygens (including phenoxy) is 1. The summed E-state index contributed by atoms with van der Waals surface area (Å²) in [5, 5.41) is 5.90. The third-order valence-electron chi connectivity index (χ3n) is 3.75. The molecule has 0 fully saturated rings. The summed E-state index contributed by atoms with van der Waals surface area (Å²) >= 11 is 8.65. The van der Waals surface area contributed by atoms with Gasteiger partial charge in [0.1, 0.15) is 11.5 Å². The molecule has 0 aliphatic heterocycles. The second-order valence-electron chi connectivity index (χ2n) is 5.81. The van der Waals surface area contributed by atoms with Crippen LogP contribution in [-0.4, -0.2) is 11.0 Å². The molecule has 0 bridgehead atoms. The normalized spacial score (nSPS) is 10.1. The van der Waals surface area contributed by atoms with Crippen molar-refractivity contribution >= 4 is 44.9 Å². The highest BCUT2D eigenvalue weighted by Crippen LogP contribution is 2.22. The van der Waals surface area contributed by atoms with Crippen LogP contribution >= 0.6 is 28.1 Å². The predicted octanol–water partition coefficient (Wildman–Crippen LogP) is 5.68. The second-order valence-corrected chi connectivity index (χ2v) is 7.07. The summed E-state index contributed by atoms with van der Waals surface area (Å²) in [5.74, 6) is 1.22. The molecule has 0 spiro atoms. The first-order valence-corrected chi connectivity index (χ1v) is 9.43. The molecule has 136 valence electrons. The fraction of sp³-hybridized carbons (Fsp3) is 0.0476. The minimum atomic E-state index is -0.266. The zero-order valence-electron chi connectivity index (χ0n) is 14.5. The number of para-hydroxylation sites is 1. The van der Waals surface area contributed by atoms with Gasteiger partial charge in [0, 0.05) is 15.7 Å². The van der Waals surface area contributed by atoms with Crippen LogP contribution in [0.15, 0.2) is 77.3 Å². The van der Waals surface area contributed by atoms with Crippen LogP contribution in [0, 0.1) is 6.92 Å². The van der Waals surface area contributed by atoms with E-state index in [2.05, 4.69) is 26.6 Å². The fourth-order valence-electron chi connectivity index (χ4n) is 2.30. The van der Waals surface area contributed by atoms with Crippen molar-refractivity contribution in [3.05, 3.63) is 88.4 Å². The van der Waals surface area contributed by atoms with Gasteiger partial charge in [0.2, 0.25) is 0 Å². The van der Waals surface area contributed by atoms with E-state index < -0.39 is 0 Å². The molecule has 0 aliphatic rings. The molecular weight excluding hydrogens is 424 g/mol. The maximum atomic E-state index is 12.3. The molecule has 4 nitrogen and oxygen atoms in total. The lowest BCUT2D eigenvalue weighted by molar-refractivity contribution is 0.0977. The van der Waals surface area contributed by atoms with Gasteiger partial charge in [0.25, 0.3) is 5.91 Å². The van der Waals surface area contributed by atoms with E-state index in [1.165, 1.54) is 0 Å². The van der Waals surface area contributed by atoms with Gasteiger partial charge in [-0.2, -0.15) is 0 Å². The smallest absolute Gasteiger partial charge is 0.257 e. The van der Waals surface area contributed by atoms with E-state index >= 15 is 0 Å². The molecule has 0 aliphatic carbocycles. The maximum Gasteiger partial charge on any atom is 0.257 e. The van der Waals surface area contributed by atoms with Crippen LogP contribution in [0.4, 0.5) is 5.69 Å². The number of nitrogens with one attached hydrogen (secondary N) is 2. The van der Waals surface area contributed by atoms with Gasteiger partial charge >= 0.3 is 0 Å². The standard InChI is InChI=1S/C21H17BrN2O2S/c1-14-7-8-15(13-19(14)22)20(25)24-21(27)23-16-9-11-18(12-10-16)26-17-5-3-2-4-6-17/h2-13H,1H3,(H2,23,24,25,27). The Morgan fingerprint density at radius 3 is 2.30 bits per heavy atom. The molecule has 0 saturated carbocycles. The summed E-state index contributed by atoms with van der Waals surface area (Å²) in [4.78, 5) is 12.3. The zero-order valence-corrected chi connectivity index (χ0v) is 16.9. The van der Waals surface area contributed by atoms with E-state index in [-0.39, 0.29) is 11.0 Å². The maximum absolute atomic E-state index is 12.3. The third-order valence-corrected chi connectivity index (χ3v) is 4.81. The number of aryl methyl sites for hydroxylation is 1. The first kappa shape index (κ1) is 19.1. The topological polar surface area (TPSA) is 50.4 Å². The Hall–Kier alpha value is -2.70. The number of anilines is 1. The number of carbonyl (C=O) groups excluding carboxylic acids is 1. The number of amides is 1. The molecule has 27 heavy (non-hydrogen) atoms. The Morgan fingerprint density at radius 1 is 0.963 bits per heavy atom. The highest BCUT2D eigenvalue weighted by Gasteiger charge is 2.09. The van der Waals surface area contributed by atoms with Crippen molar-refractivity contribution in [3.8, 4) is 11.5 Å². The van der Waals surface area contributed by atoms with Crippen LogP contribution in [0.1, 0.15) is 15.9 Å². The molecule has 0 aromatic heterocycles. The molecular formula is C21H17BrN2O2S. The highest BCUT2D eigenvalue weighted by molar-refractivity contribution is 9.10. The van der Waals surface area contributed by atoms with Gasteiger partial charge in [-0.3, -0.25) is 10.1 Å². The zero-order chi connectivity index (χ0) is 19.2. The minimum absolute atomic E-state index is 0.230. The molecule has 2 N–H and O–H groups in total. The van der Waals surface area contributed by atoms with Crippen molar-refractivity contribution < 1.29 is 9.53 Å². The van der Waals surface area contributed by atoms with Crippen LogP contribution in [0.3, 0.4) is 0 Å². The van der Waals surface area contributed by atoms with Gasteiger partial charge < -0.3 is 10.1 Å². The van der Waals surface area contributed by atoms with Gasteiger partial charge in [-0.05, 0) is 73.2 Å². The van der Waals surface area contributed by atoms with Gasteiger partial charge in [0.15, 0.2) is 5.11 Å². The minimum Gasteiger partial charge on any atom is -0.457 e. The van der Waals surface area contributed by atoms with Gasteiger partial charge in [-0.25, -0.2) is 0 Å². The first-order chi connectivity index (χ1) is 13.0. The van der Waals surface area contributed by atoms with Crippen molar-refractivity contribution in [1.29, 1.82) is 0 Å².